The topological polar surface area (TPSA) is 142 Å². The average molecular weight is 565 g/mol. The number of halogens is 2. The van der Waals surface area contributed by atoms with Gasteiger partial charge in [-0.1, -0.05) is 0 Å². The van der Waals surface area contributed by atoms with Crippen LogP contribution in [0.4, 0.5) is 8.78 Å². The Morgan fingerprint density at radius 2 is 2.00 bits per heavy atom. The number of amides is 1. The van der Waals surface area contributed by atoms with Crippen LogP contribution in [0.5, 0.6) is 5.75 Å². The number of rotatable bonds is 5. The van der Waals surface area contributed by atoms with E-state index in [1.807, 2.05) is 0 Å². The number of thioether (sulfide) groups is 1. The molecule has 1 unspecified atom stereocenters. The fourth-order valence-corrected chi connectivity index (χ4v) is 8.44. The van der Waals surface area contributed by atoms with Crippen LogP contribution in [0.25, 0.3) is 11.3 Å². The molecule has 2 N–H and O–H groups in total. The quantitative estimate of drug-likeness (QED) is 0.323. The van der Waals surface area contributed by atoms with Gasteiger partial charge in [-0.05, 0) is 49.9 Å². The Bertz CT molecular complexity index is 1460. The summed E-state index contributed by atoms with van der Waals surface area (Å²) in [5, 5.41) is 22.0. The monoisotopic (exact) mass is 564 g/mol. The van der Waals surface area contributed by atoms with E-state index in [0.29, 0.717) is 54.2 Å². The van der Waals surface area contributed by atoms with Gasteiger partial charge in [0.25, 0.3) is 0 Å². The highest BCUT2D eigenvalue weighted by Gasteiger charge is 2.61. The second-order valence-corrected chi connectivity index (χ2v) is 13.7. The van der Waals surface area contributed by atoms with Crippen LogP contribution in [0.2, 0.25) is 0 Å². The lowest BCUT2D eigenvalue weighted by Crippen LogP contribution is -2.33. The Kier molecular flexibility index (Phi) is 6.09. The molecule has 4 aliphatic rings. The molecule has 6 rings (SSSR count). The van der Waals surface area contributed by atoms with Crippen LogP contribution in [-0.2, 0) is 27.5 Å². The standard InChI is InChI=1S/C24H26F2N6O4S2/c25-22(26)36-16-7-15(9-29-10-16)19-17-4-3-14(21(33)31-11-24(31)5-6-38(34,35)12-24)8-18(17)32(30-19)23(28)37-20(27)13-1-2-13/h7,9-10,13-14,22,27-28H,1-6,8,11-12H2/t14?,24-,31?/m1/s1. The molecule has 2 aromatic rings. The minimum absolute atomic E-state index is 0.0143. The molecule has 4 heterocycles. The third-order valence-corrected chi connectivity index (χ3v) is 10.5. The summed E-state index contributed by atoms with van der Waals surface area (Å²) in [7, 11) is -3.13. The molecule has 0 aromatic carbocycles. The maximum Gasteiger partial charge on any atom is 0.387 e. The van der Waals surface area contributed by atoms with Gasteiger partial charge in [-0.15, -0.1) is 0 Å². The molecule has 1 amide bonds. The van der Waals surface area contributed by atoms with Gasteiger partial charge in [0, 0.05) is 42.1 Å². The van der Waals surface area contributed by atoms with Gasteiger partial charge in [0.15, 0.2) is 15.0 Å². The van der Waals surface area contributed by atoms with E-state index in [2.05, 4.69) is 14.8 Å². The van der Waals surface area contributed by atoms with E-state index in [4.69, 9.17) is 10.8 Å². The SMILES string of the molecule is N=C(SC(=N)n1nc(-c2cncc(OC(F)F)c2)c2c1CC(C(=O)N1C[C@@]13CCS(=O)(=O)C3)CC2)C1CC1. The van der Waals surface area contributed by atoms with Gasteiger partial charge in [-0.25, -0.2) is 13.1 Å². The van der Waals surface area contributed by atoms with Crippen molar-refractivity contribution in [3.8, 4) is 17.0 Å². The van der Waals surface area contributed by atoms with Crippen LogP contribution >= 0.6 is 11.8 Å². The number of nitrogens with one attached hydrogen (secondary N) is 2. The number of aromatic nitrogens is 3. The number of hydrogen-bond acceptors (Lipinski definition) is 9. The Morgan fingerprint density at radius 3 is 2.68 bits per heavy atom. The third kappa shape index (κ3) is 4.72. The summed E-state index contributed by atoms with van der Waals surface area (Å²) >= 11 is 1.03. The molecular weight excluding hydrogens is 538 g/mol. The average Bonchev–Trinajstić information content (AvgIpc) is 3.76. The van der Waals surface area contributed by atoms with Crippen molar-refractivity contribution in [1.82, 2.24) is 19.7 Å². The molecule has 3 fully saturated rings. The maximum absolute atomic E-state index is 13.4. The molecule has 14 heteroatoms. The van der Waals surface area contributed by atoms with Gasteiger partial charge in [0.2, 0.25) is 5.91 Å². The van der Waals surface area contributed by atoms with E-state index in [1.54, 1.807) is 4.90 Å². The molecule has 2 aliphatic carbocycles. The largest absolute Gasteiger partial charge is 0.433 e. The van der Waals surface area contributed by atoms with Crippen molar-refractivity contribution in [3.05, 3.63) is 29.7 Å². The third-order valence-electron chi connectivity index (χ3n) is 7.74. The number of nitrogens with zero attached hydrogens (tertiary/aromatic N) is 4. The van der Waals surface area contributed by atoms with Crippen molar-refractivity contribution >= 4 is 37.7 Å². The summed E-state index contributed by atoms with van der Waals surface area (Å²) < 4.78 is 55.6. The number of fused-ring (bicyclic) bond motifs is 1. The molecule has 2 aliphatic heterocycles. The predicted octanol–water partition coefficient (Wildman–Crippen LogP) is 2.95. The van der Waals surface area contributed by atoms with Crippen LogP contribution in [0.1, 0.15) is 36.9 Å². The second kappa shape index (κ2) is 9.11. The zero-order valence-electron chi connectivity index (χ0n) is 20.3. The Labute approximate surface area is 222 Å². The summed E-state index contributed by atoms with van der Waals surface area (Å²) in [5.41, 5.74) is 1.84. The van der Waals surface area contributed by atoms with E-state index in [-0.39, 0.29) is 40.2 Å². The first-order chi connectivity index (χ1) is 18.1. The highest BCUT2D eigenvalue weighted by molar-refractivity contribution is 8.26. The van der Waals surface area contributed by atoms with E-state index in [9.17, 15) is 22.0 Å². The highest BCUT2D eigenvalue weighted by atomic mass is 32.2. The summed E-state index contributed by atoms with van der Waals surface area (Å²) in [6.07, 6.45) is 6.29. The molecular formula is C24H26F2N6O4S2. The molecule has 0 bridgehead atoms. The summed E-state index contributed by atoms with van der Waals surface area (Å²) in [6, 6.07) is 1.42. The van der Waals surface area contributed by atoms with Gasteiger partial charge in [0.1, 0.15) is 5.75 Å². The first-order valence-electron chi connectivity index (χ1n) is 12.4. The Hall–Kier alpha value is -2.87. The van der Waals surface area contributed by atoms with Gasteiger partial charge in [-0.3, -0.25) is 20.6 Å². The Morgan fingerprint density at radius 1 is 1.21 bits per heavy atom. The molecule has 1 saturated carbocycles. The predicted molar refractivity (Wildman–Crippen MR) is 136 cm³/mol. The number of ether oxygens (including phenoxy) is 1. The lowest BCUT2D eigenvalue weighted by Gasteiger charge is -2.24. The summed E-state index contributed by atoms with van der Waals surface area (Å²) in [5.74, 6) is -0.301. The molecule has 2 aromatic heterocycles. The van der Waals surface area contributed by atoms with Crippen molar-refractivity contribution in [1.29, 1.82) is 10.8 Å². The minimum atomic E-state index is -3.13. The van der Waals surface area contributed by atoms with Crippen molar-refractivity contribution in [2.24, 2.45) is 11.8 Å². The number of sulfone groups is 1. The van der Waals surface area contributed by atoms with Crippen molar-refractivity contribution in [3.63, 3.8) is 0 Å². The smallest absolute Gasteiger partial charge is 0.387 e. The van der Waals surface area contributed by atoms with E-state index in [0.717, 1.165) is 30.2 Å². The second-order valence-electron chi connectivity index (χ2n) is 10.4. The zero-order valence-corrected chi connectivity index (χ0v) is 22.0. The normalized spacial score (nSPS) is 25.4. The van der Waals surface area contributed by atoms with Crippen molar-refractivity contribution in [2.45, 2.75) is 50.7 Å². The first kappa shape index (κ1) is 25.4. The molecule has 2 atom stereocenters. The van der Waals surface area contributed by atoms with Crippen LogP contribution in [-0.4, -0.2) is 74.4 Å². The molecule has 2 saturated heterocycles. The summed E-state index contributed by atoms with van der Waals surface area (Å²) in [6.45, 7) is -2.55. The number of hydrogen-bond donors (Lipinski definition) is 2. The van der Waals surface area contributed by atoms with E-state index in [1.165, 1.54) is 23.1 Å². The zero-order chi connectivity index (χ0) is 26.8. The van der Waals surface area contributed by atoms with E-state index < -0.39 is 22.0 Å². The lowest BCUT2D eigenvalue weighted by molar-refractivity contribution is -0.131. The molecule has 38 heavy (non-hydrogen) atoms. The number of alkyl halides is 2. The first-order valence-corrected chi connectivity index (χ1v) is 15.1. The van der Waals surface area contributed by atoms with Gasteiger partial charge in [-0.2, -0.15) is 13.9 Å². The molecule has 202 valence electrons. The number of carbonyl (C=O) groups is 1. The lowest BCUT2D eigenvalue weighted by atomic mass is 9.85. The highest BCUT2D eigenvalue weighted by Crippen LogP contribution is 2.45. The Balaban J connectivity index is 1.30. The van der Waals surface area contributed by atoms with Crippen molar-refractivity contribution < 1.29 is 26.7 Å². The van der Waals surface area contributed by atoms with Crippen LogP contribution < -0.4 is 4.74 Å². The molecule has 0 radical (unpaired) electrons. The summed E-state index contributed by atoms with van der Waals surface area (Å²) in [4.78, 5) is 19.1. The fourth-order valence-electron chi connectivity index (χ4n) is 5.54. The molecule has 10 nitrogen and oxygen atoms in total. The van der Waals surface area contributed by atoms with Gasteiger partial charge in [0.05, 0.1) is 39.7 Å². The number of carbonyl (C=O) groups excluding carboxylic acids is 1. The van der Waals surface area contributed by atoms with Gasteiger partial charge >= 0.3 is 6.61 Å². The number of pyridine rings is 1. The van der Waals surface area contributed by atoms with E-state index >= 15 is 0 Å². The van der Waals surface area contributed by atoms with Crippen LogP contribution in [0.3, 0.4) is 0 Å². The van der Waals surface area contributed by atoms with Crippen LogP contribution in [0.15, 0.2) is 18.5 Å². The van der Waals surface area contributed by atoms with Gasteiger partial charge < -0.3 is 9.64 Å². The maximum atomic E-state index is 13.4. The van der Waals surface area contributed by atoms with Crippen molar-refractivity contribution in [2.75, 3.05) is 18.1 Å². The minimum Gasteiger partial charge on any atom is -0.433 e. The van der Waals surface area contributed by atoms with Crippen LogP contribution in [0, 0.1) is 22.7 Å². The fraction of sp³-hybridized carbons (Fsp3) is 0.542. The molecule has 1 spiro atoms.